The van der Waals surface area contributed by atoms with E-state index in [2.05, 4.69) is 10.6 Å². The molecule has 6 heteroatoms. The number of esters is 1. The average Bonchev–Trinajstić information content (AvgIpc) is 2.76. The fourth-order valence-electron chi connectivity index (χ4n) is 3.89. The second-order valence-corrected chi connectivity index (χ2v) is 8.00. The highest BCUT2D eigenvalue weighted by atomic mass is 16.5. The van der Waals surface area contributed by atoms with Crippen LogP contribution < -0.4 is 15.4 Å². The first-order valence-corrected chi connectivity index (χ1v) is 10.6. The lowest BCUT2D eigenvalue weighted by atomic mass is 9.90. The summed E-state index contributed by atoms with van der Waals surface area (Å²) < 4.78 is 11.7. The number of hydrogen-bond donors (Lipinski definition) is 2. The lowest BCUT2D eigenvalue weighted by molar-refractivity contribution is -0.143. The highest BCUT2D eigenvalue weighted by Gasteiger charge is 2.35. The number of allylic oxidation sites excluding steroid dienone is 1. The number of fused-ring (bicyclic) bond motifs is 1. The number of carbonyl (C=O) groups excluding carboxylic acids is 2. The van der Waals surface area contributed by atoms with Crippen molar-refractivity contribution in [3.8, 4) is 5.75 Å². The fourth-order valence-corrected chi connectivity index (χ4v) is 3.89. The molecule has 4 rings (SSSR count). The quantitative estimate of drug-likeness (QED) is 0.540. The van der Waals surface area contributed by atoms with Gasteiger partial charge in [0.2, 0.25) is 0 Å². The minimum atomic E-state index is -0.716. The number of amides is 2. The molecule has 0 fully saturated rings. The number of urea groups is 1. The number of benzene rings is 3. The van der Waals surface area contributed by atoms with Crippen molar-refractivity contribution in [2.45, 2.75) is 39.5 Å². The first kappa shape index (κ1) is 21.4. The minimum Gasteiger partial charge on any atom is -0.489 e. The van der Waals surface area contributed by atoms with Crippen molar-refractivity contribution in [1.82, 2.24) is 10.6 Å². The van der Waals surface area contributed by atoms with Crippen molar-refractivity contribution in [2.75, 3.05) is 0 Å². The van der Waals surface area contributed by atoms with Gasteiger partial charge >= 0.3 is 12.0 Å². The SMILES string of the molecule is CC1=C(C(=O)OC(C)C)[C@@H](c2c(OCc3ccccc3)ccc3ccccc23)NC(=O)N1. The van der Waals surface area contributed by atoms with Crippen LogP contribution in [0.4, 0.5) is 4.79 Å². The maximum absolute atomic E-state index is 13.0. The largest absolute Gasteiger partial charge is 0.489 e. The van der Waals surface area contributed by atoms with E-state index in [0.29, 0.717) is 23.6 Å². The number of rotatable bonds is 6. The van der Waals surface area contributed by atoms with E-state index in [9.17, 15) is 9.59 Å². The number of ether oxygens (including phenoxy) is 2. The lowest BCUT2D eigenvalue weighted by Crippen LogP contribution is -2.45. The van der Waals surface area contributed by atoms with Gasteiger partial charge in [-0.15, -0.1) is 0 Å². The Morgan fingerprint density at radius 3 is 2.47 bits per heavy atom. The van der Waals surface area contributed by atoms with Gasteiger partial charge in [0.15, 0.2) is 0 Å². The van der Waals surface area contributed by atoms with Crippen molar-refractivity contribution < 1.29 is 19.1 Å². The first-order chi connectivity index (χ1) is 15.4. The number of hydrogen-bond acceptors (Lipinski definition) is 4. The van der Waals surface area contributed by atoms with Crippen molar-refractivity contribution in [1.29, 1.82) is 0 Å². The van der Waals surface area contributed by atoms with E-state index in [1.54, 1.807) is 20.8 Å². The summed E-state index contributed by atoms with van der Waals surface area (Å²) in [7, 11) is 0. The van der Waals surface area contributed by atoms with E-state index < -0.39 is 12.0 Å². The molecule has 32 heavy (non-hydrogen) atoms. The highest BCUT2D eigenvalue weighted by molar-refractivity contribution is 5.98. The van der Waals surface area contributed by atoms with Crippen LogP contribution in [0.15, 0.2) is 78.0 Å². The molecule has 3 aromatic rings. The van der Waals surface area contributed by atoms with Gasteiger partial charge < -0.3 is 20.1 Å². The molecule has 0 spiro atoms. The summed E-state index contributed by atoms with van der Waals surface area (Å²) >= 11 is 0. The maximum atomic E-state index is 13.0. The zero-order valence-electron chi connectivity index (χ0n) is 18.3. The fraction of sp³-hybridized carbons (Fsp3) is 0.231. The van der Waals surface area contributed by atoms with Crippen molar-refractivity contribution in [3.05, 3.63) is 89.1 Å². The molecule has 0 saturated carbocycles. The molecule has 1 aliphatic rings. The standard InChI is InChI=1S/C26H26N2O4/c1-16(2)32-25(29)22-17(3)27-26(30)28-24(22)23-20-12-8-7-11-19(20)13-14-21(23)31-15-18-9-5-4-6-10-18/h4-14,16,24H,15H2,1-3H3,(H2,27,28,30)/t24-/m0/s1. The normalized spacial score (nSPS) is 16.0. The van der Waals surface area contributed by atoms with Crippen LogP contribution in [0.25, 0.3) is 10.8 Å². The summed E-state index contributed by atoms with van der Waals surface area (Å²) in [5.41, 5.74) is 2.57. The molecule has 164 valence electrons. The number of carbonyl (C=O) groups is 2. The summed E-state index contributed by atoms with van der Waals surface area (Å²) in [4.78, 5) is 25.4. The Bertz CT molecular complexity index is 1180. The van der Waals surface area contributed by atoms with Crippen molar-refractivity contribution >= 4 is 22.8 Å². The molecule has 3 aromatic carbocycles. The van der Waals surface area contributed by atoms with E-state index in [0.717, 1.165) is 21.9 Å². The van der Waals surface area contributed by atoms with Gasteiger partial charge in [0.05, 0.1) is 17.7 Å². The van der Waals surface area contributed by atoms with Crippen LogP contribution >= 0.6 is 0 Å². The van der Waals surface area contributed by atoms with Crippen LogP contribution in [0, 0.1) is 0 Å². The Kier molecular flexibility index (Phi) is 6.12. The molecule has 2 N–H and O–H groups in total. The molecular weight excluding hydrogens is 404 g/mol. The van der Waals surface area contributed by atoms with Crippen molar-refractivity contribution in [2.24, 2.45) is 0 Å². The molecule has 6 nitrogen and oxygen atoms in total. The molecule has 1 aliphatic heterocycles. The predicted molar refractivity (Wildman–Crippen MR) is 123 cm³/mol. The van der Waals surface area contributed by atoms with E-state index in [1.807, 2.05) is 66.7 Å². The molecular formula is C26H26N2O4. The van der Waals surface area contributed by atoms with Gasteiger partial charge in [-0.3, -0.25) is 0 Å². The van der Waals surface area contributed by atoms with Crippen molar-refractivity contribution in [3.63, 3.8) is 0 Å². The topological polar surface area (TPSA) is 76.7 Å². The Hall–Kier alpha value is -3.80. The van der Waals surface area contributed by atoms with E-state index in [-0.39, 0.29) is 12.1 Å². The van der Waals surface area contributed by atoms with Gasteiger partial charge in [0, 0.05) is 11.3 Å². The van der Waals surface area contributed by atoms with Crippen LogP contribution in [0.1, 0.15) is 37.9 Å². The molecule has 1 heterocycles. The second kappa shape index (κ2) is 9.14. The second-order valence-electron chi connectivity index (χ2n) is 8.00. The summed E-state index contributed by atoms with van der Waals surface area (Å²) in [6, 6.07) is 20.5. The van der Waals surface area contributed by atoms with Crippen LogP contribution in [0.3, 0.4) is 0 Å². The average molecular weight is 431 g/mol. The zero-order chi connectivity index (χ0) is 22.7. The van der Waals surface area contributed by atoms with Crippen LogP contribution in [-0.4, -0.2) is 18.1 Å². The lowest BCUT2D eigenvalue weighted by Gasteiger charge is -2.30. The maximum Gasteiger partial charge on any atom is 0.338 e. The molecule has 1 atom stereocenters. The third kappa shape index (κ3) is 4.44. The molecule has 0 unspecified atom stereocenters. The van der Waals surface area contributed by atoms with Crippen LogP contribution in [-0.2, 0) is 16.1 Å². The van der Waals surface area contributed by atoms with Crippen LogP contribution in [0.2, 0.25) is 0 Å². The molecule has 0 aromatic heterocycles. The first-order valence-electron chi connectivity index (χ1n) is 10.6. The van der Waals surface area contributed by atoms with E-state index in [1.165, 1.54) is 0 Å². The van der Waals surface area contributed by atoms with Gasteiger partial charge in [0.25, 0.3) is 0 Å². The van der Waals surface area contributed by atoms with Gasteiger partial charge in [0.1, 0.15) is 12.4 Å². The monoisotopic (exact) mass is 430 g/mol. The minimum absolute atomic E-state index is 0.289. The third-order valence-electron chi connectivity index (χ3n) is 5.29. The van der Waals surface area contributed by atoms with Gasteiger partial charge in [-0.05, 0) is 43.2 Å². The van der Waals surface area contributed by atoms with Gasteiger partial charge in [-0.2, -0.15) is 0 Å². The summed E-state index contributed by atoms with van der Waals surface area (Å²) in [6.45, 7) is 5.66. The van der Waals surface area contributed by atoms with Gasteiger partial charge in [-0.25, -0.2) is 9.59 Å². The third-order valence-corrected chi connectivity index (χ3v) is 5.29. The zero-order valence-corrected chi connectivity index (χ0v) is 18.3. The Morgan fingerprint density at radius 2 is 1.72 bits per heavy atom. The summed E-state index contributed by atoms with van der Waals surface area (Å²) in [5.74, 6) is 0.124. The smallest absolute Gasteiger partial charge is 0.338 e. The molecule has 0 bridgehead atoms. The Balaban J connectivity index is 1.83. The predicted octanol–water partition coefficient (Wildman–Crippen LogP) is 5.00. The molecule has 0 radical (unpaired) electrons. The molecule has 2 amide bonds. The Morgan fingerprint density at radius 1 is 1.00 bits per heavy atom. The molecule has 0 aliphatic carbocycles. The van der Waals surface area contributed by atoms with Gasteiger partial charge in [-0.1, -0.05) is 60.7 Å². The summed E-state index contributed by atoms with van der Waals surface area (Å²) in [6.07, 6.45) is -0.289. The molecule has 0 saturated heterocycles. The summed E-state index contributed by atoms with van der Waals surface area (Å²) in [5, 5.41) is 7.48. The number of nitrogens with one attached hydrogen (secondary N) is 2. The van der Waals surface area contributed by atoms with E-state index >= 15 is 0 Å². The Labute approximate surface area is 187 Å². The van der Waals surface area contributed by atoms with Crippen LogP contribution in [0.5, 0.6) is 5.75 Å². The highest BCUT2D eigenvalue weighted by Crippen LogP contribution is 2.39. The van der Waals surface area contributed by atoms with E-state index in [4.69, 9.17) is 9.47 Å².